The van der Waals surface area contributed by atoms with Crippen LogP contribution >= 0.6 is 23.2 Å². The van der Waals surface area contributed by atoms with Gasteiger partial charge >= 0.3 is 6.18 Å². The number of carbonyl (C=O) groups excluding carboxylic acids is 1. The van der Waals surface area contributed by atoms with Gasteiger partial charge in [-0.05, 0) is 54.6 Å². The highest BCUT2D eigenvalue weighted by molar-refractivity contribution is 7.85. The normalized spacial score (nSPS) is 12.1. The van der Waals surface area contributed by atoms with Crippen LogP contribution in [-0.2, 0) is 17.0 Å². The lowest BCUT2D eigenvalue weighted by molar-refractivity contribution is -0.137. The fourth-order valence-corrected chi connectivity index (χ4v) is 4.10. The van der Waals surface area contributed by atoms with Crippen LogP contribution in [0, 0.1) is 11.3 Å². The van der Waals surface area contributed by atoms with E-state index in [-0.39, 0.29) is 36.7 Å². The Morgan fingerprint density at radius 2 is 1.74 bits per heavy atom. The lowest BCUT2D eigenvalue weighted by atomic mass is 10.2. The molecule has 0 fully saturated rings. The van der Waals surface area contributed by atoms with Crippen molar-refractivity contribution in [1.82, 2.24) is 0 Å². The Hall–Kier alpha value is -2.86. The molecule has 4 nitrogen and oxygen atoms in total. The summed E-state index contributed by atoms with van der Waals surface area (Å²) in [4.78, 5) is 12.3. The molecule has 3 rings (SSSR count). The summed E-state index contributed by atoms with van der Waals surface area (Å²) in [6.45, 7) is 0. The fraction of sp³-hybridized carbons (Fsp3) is 0.0476. The van der Waals surface area contributed by atoms with Gasteiger partial charge in [-0.3, -0.25) is 4.79 Å². The van der Waals surface area contributed by atoms with Crippen LogP contribution in [0.5, 0.6) is 0 Å². The van der Waals surface area contributed by atoms with Crippen molar-refractivity contribution in [3.05, 3.63) is 87.4 Å². The van der Waals surface area contributed by atoms with Gasteiger partial charge in [-0.15, -0.1) is 0 Å². The SMILES string of the molecule is N#Cc1cc(NC(=O)c2ccc(Cl)c(Cl)c2)ccc1[S@@](=O)c1cccc(C(F)(F)F)c1. The van der Waals surface area contributed by atoms with E-state index in [2.05, 4.69) is 5.32 Å². The predicted octanol–water partition coefficient (Wildman–Crippen LogP) is 6.30. The Bertz CT molecular complexity index is 1240. The highest BCUT2D eigenvalue weighted by Gasteiger charge is 2.31. The van der Waals surface area contributed by atoms with E-state index in [9.17, 15) is 27.4 Å². The van der Waals surface area contributed by atoms with Gasteiger partial charge < -0.3 is 5.32 Å². The standard InChI is InChI=1S/C21H11Cl2F3N2O2S/c22-17-6-4-12(9-18(17)23)20(29)28-15-5-7-19(13(8-15)11-27)31(30)16-3-1-2-14(10-16)21(24,25)26/h1-10H,(H,28,29)/t31-/m0/s1. The van der Waals surface area contributed by atoms with Crippen molar-refractivity contribution in [1.29, 1.82) is 5.26 Å². The molecule has 0 bridgehead atoms. The van der Waals surface area contributed by atoms with Crippen LogP contribution in [0.1, 0.15) is 21.5 Å². The van der Waals surface area contributed by atoms with Crippen molar-refractivity contribution in [3.8, 4) is 6.07 Å². The van der Waals surface area contributed by atoms with E-state index in [0.29, 0.717) is 0 Å². The number of hydrogen-bond acceptors (Lipinski definition) is 3. The monoisotopic (exact) mass is 482 g/mol. The molecular formula is C21H11Cl2F3N2O2S. The molecule has 158 valence electrons. The third-order valence-corrected chi connectivity index (χ3v) is 6.29. The van der Waals surface area contributed by atoms with Crippen molar-refractivity contribution in [2.24, 2.45) is 0 Å². The lowest BCUT2D eigenvalue weighted by Crippen LogP contribution is -2.12. The highest BCUT2D eigenvalue weighted by atomic mass is 35.5. The van der Waals surface area contributed by atoms with Gasteiger partial charge in [-0.25, -0.2) is 4.21 Å². The Kier molecular flexibility index (Phi) is 6.70. The van der Waals surface area contributed by atoms with Crippen molar-refractivity contribution >= 4 is 45.6 Å². The summed E-state index contributed by atoms with van der Waals surface area (Å²) in [7, 11) is -2.03. The summed E-state index contributed by atoms with van der Waals surface area (Å²) in [5.41, 5.74) is -0.535. The minimum atomic E-state index is -4.59. The molecule has 1 N–H and O–H groups in total. The number of nitrogens with zero attached hydrogens (tertiary/aromatic N) is 1. The first-order valence-corrected chi connectivity index (χ1v) is 10.4. The Labute approximate surface area is 187 Å². The van der Waals surface area contributed by atoms with Crippen LogP contribution in [0.2, 0.25) is 10.0 Å². The molecule has 3 aromatic rings. The van der Waals surface area contributed by atoms with E-state index in [1.54, 1.807) is 0 Å². The van der Waals surface area contributed by atoms with Crippen molar-refractivity contribution in [2.75, 3.05) is 5.32 Å². The number of benzene rings is 3. The zero-order chi connectivity index (χ0) is 22.8. The molecule has 0 aromatic heterocycles. The molecule has 0 saturated carbocycles. The molecule has 0 spiro atoms. The zero-order valence-electron chi connectivity index (χ0n) is 15.3. The largest absolute Gasteiger partial charge is 0.416 e. The van der Waals surface area contributed by atoms with E-state index in [1.165, 1.54) is 42.5 Å². The summed E-state index contributed by atoms with van der Waals surface area (Å²) in [5, 5.41) is 12.5. The number of anilines is 1. The lowest BCUT2D eigenvalue weighted by Gasteiger charge is -2.11. The first-order valence-electron chi connectivity index (χ1n) is 8.49. The maximum atomic E-state index is 12.9. The first-order chi connectivity index (χ1) is 14.6. The Balaban J connectivity index is 1.88. The average molecular weight is 483 g/mol. The number of alkyl halides is 3. The molecule has 0 aliphatic carbocycles. The summed E-state index contributed by atoms with van der Waals surface area (Å²) in [6, 6.07) is 14.2. The van der Waals surface area contributed by atoms with E-state index in [0.717, 1.165) is 18.2 Å². The van der Waals surface area contributed by atoms with Gasteiger partial charge in [0.25, 0.3) is 5.91 Å². The second-order valence-electron chi connectivity index (χ2n) is 6.20. The zero-order valence-corrected chi connectivity index (χ0v) is 17.7. The van der Waals surface area contributed by atoms with E-state index in [1.807, 2.05) is 6.07 Å². The molecule has 0 radical (unpaired) electrons. The number of hydrogen-bond donors (Lipinski definition) is 1. The van der Waals surface area contributed by atoms with Gasteiger partial charge in [-0.1, -0.05) is 29.3 Å². The molecule has 0 aliphatic rings. The average Bonchev–Trinajstić information content (AvgIpc) is 2.74. The molecule has 31 heavy (non-hydrogen) atoms. The van der Waals surface area contributed by atoms with Gasteiger partial charge in [-0.2, -0.15) is 18.4 Å². The predicted molar refractivity (Wildman–Crippen MR) is 112 cm³/mol. The minimum Gasteiger partial charge on any atom is -0.322 e. The number of amides is 1. The van der Waals surface area contributed by atoms with Crippen LogP contribution in [0.15, 0.2) is 70.5 Å². The topological polar surface area (TPSA) is 70.0 Å². The summed E-state index contributed by atoms with van der Waals surface area (Å²) in [5.74, 6) is -0.519. The Morgan fingerprint density at radius 3 is 2.39 bits per heavy atom. The van der Waals surface area contributed by atoms with Gasteiger partial charge in [0.05, 0.1) is 36.9 Å². The van der Waals surface area contributed by atoms with Crippen LogP contribution in [0.25, 0.3) is 0 Å². The van der Waals surface area contributed by atoms with Gasteiger partial charge in [0.1, 0.15) is 6.07 Å². The third kappa shape index (κ3) is 5.25. The van der Waals surface area contributed by atoms with Gasteiger partial charge in [0, 0.05) is 16.1 Å². The molecule has 1 amide bonds. The van der Waals surface area contributed by atoms with E-state index in [4.69, 9.17) is 23.2 Å². The van der Waals surface area contributed by atoms with E-state index < -0.39 is 28.4 Å². The molecule has 0 heterocycles. The van der Waals surface area contributed by atoms with Crippen LogP contribution in [0.3, 0.4) is 0 Å². The highest BCUT2D eigenvalue weighted by Crippen LogP contribution is 2.32. The molecule has 10 heteroatoms. The smallest absolute Gasteiger partial charge is 0.322 e. The number of nitriles is 1. The second kappa shape index (κ2) is 9.10. The molecule has 3 aromatic carbocycles. The van der Waals surface area contributed by atoms with Crippen molar-refractivity contribution in [2.45, 2.75) is 16.0 Å². The second-order valence-corrected chi connectivity index (χ2v) is 8.46. The van der Waals surface area contributed by atoms with Crippen LogP contribution in [0.4, 0.5) is 18.9 Å². The maximum absolute atomic E-state index is 12.9. The van der Waals surface area contributed by atoms with Crippen LogP contribution in [-0.4, -0.2) is 10.1 Å². The van der Waals surface area contributed by atoms with Gasteiger partial charge in [0.15, 0.2) is 0 Å². The fourth-order valence-electron chi connectivity index (χ4n) is 2.61. The molecule has 0 aliphatic heterocycles. The van der Waals surface area contributed by atoms with Crippen molar-refractivity contribution < 1.29 is 22.2 Å². The third-order valence-electron chi connectivity index (χ3n) is 4.11. The minimum absolute atomic E-state index is 0.0226. The van der Waals surface area contributed by atoms with Crippen molar-refractivity contribution in [3.63, 3.8) is 0 Å². The van der Waals surface area contributed by atoms with Gasteiger partial charge in [0.2, 0.25) is 0 Å². The number of carbonyl (C=O) groups is 1. The van der Waals surface area contributed by atoms with Crippen LogP contribution < -0.4 is 5.32 Å². The number of nitrogens with one attached hydrogen (secondary N) is 1. The maximum Gasteiger partial charge on any atom is 0.416 e. The van der Waals surface area contributed by atoms with E-state index >= 15 is 0 Å². The summed E-state index contributed by atoms with van der Waals surface area (Å²) >= 11 is 11.7. The molecular weight excluding hydrogens is 472 g/mol. The Morgan fingerprint density at radius 1 is 1.00 bits per heavy atom. The summed E-state index contributed by atoms with van der Waals surface area (Å²) in [6.07, 6.45) is -4.59. The molecule has 0 unspecified atom stereocenters. The molecule has 0 saturated heterocycles. The quantitative estimate of drug-likeness (QED) is 0.474. The first kappa shape index (κ1) is 22.8. The summed E-state index contributed by atoms with van der Waals surface area (Å²) < 4.78 is 51.6. The number of rotatable bonds is 4. The molecule has 1 atom stereocenters. The number of halogens is 5.